The third kappa shape index (κ3) is 6.22. The number of hydrogen-bond donors (Lipinski definition) is 2. The van der Waals surface area contributed by atoms with Crippen molar-refractivity contribution in [1.82, 2.24) is 15.5 Å². The van der Waals surface area contributed by atoms with Gasteiger partial charge < -0.3 is 10.6 Å². The van der Waals surface area contributed by atoms with Crippen molar-refractivity contribution in [2.75, 3.05) is 26.7 Å². The molecule has 0 saturated carbocycles. The summed E-state index contributed by atoms with van der Waals surface area (Å²) in [7, 11) is 1.99. The van der Waals surface area contributed by atoms with Crippen LogP contribution in [0.5, 0.6) is 0 Å². The van der Waals surface area contributed by atoms with E-state index in [1.165, 1.54) is 5.56 Å². The molecule has 1 saturated heterocycles. The van der Waals surface area contributed by atoms with E-state index in [4.69, 9.17) is 0 Å². The fourth-order valence-electron chi connectivity index (χ4n) is 2.09. The number of benzene rings is 1. The summed E-state index contributed by atoms with van der Waals surface area (Å²) in [5.41, 5.74) is 1.23. The molecule has 0 radical (unpaired) electrons. The number of nitrogens with one attached hydrogen (secondary N) is 2. The van der Waals surface area contributed by atoms with Crippen molar-refractivity contribution in [3.63, 3.8) is 0 Å². The first kappa shape index (κ1) is 20.2. The third-order valence-corrected chi connectivity index (χ3v) is 3.75. The monoisotopic (exact) mass is 333 g/mol. The van der Waals surface area contributed by atoms with Crippen LogP contribution in [-0.2, 0) is 11.3 Å². The summed E-state index contributed by atoms with van der Waals surface area (Å²) >= 11 is 0. The van der Waals surface area contributed by atoms with Gasteiger partial charge in [0.15, 0.2) is 0 Å². The number of rotatable bonds is 6. The van der Waals surface area contributed by atoms with E-state index < -0.39 is 0 Å². The molecule has 1 fully saturated rings. The SMILES string of the molecule is CC(C(=O)NCC1CNC1)N(C)Cc1ccccc1.Cl.Cl. The van der Waals surface area contributed by atoms with Gasteiger partial charge >= 0.3 is 0 Å². The summed E-state index contributed by atoms with van der Waals surface area (Å²) in [6.45, 7) is 5.58. The molecule has 0 aliphatic carbocycles. The fourth-order valence-corrected chi connectivity index (χ4v) is 2.09. The van der Waals surface area contributed by atoms with Crippen LogP contribution in [0.15, 0.2) is 30.3 Å². The second-order valence-corrected chi connectivity index (χ2v) is 5.35. The van der Waals surface area contributed by atoms with Crippen molar-refractivity contribution in [2.24, 2.45) is 5.92 Å². The summed E-state index contributed by atoms with van der Waals surface area (Å²) in [4.78, 5) is 14.1. The summed E-state index contributed by atoms with van der Waals surface area (Å²) in [5, 5.41) is 6.24. The highest BCUT2D eigenvalue weighted by atomic mass is 35.5. The number of likely N-dealkylation sites (N-methyl/N-ethyl adjacent to an activating group) is 1. The van der Waals surface area contributed by atoms with Gasteiger partial charge in [0.1, 0.15) is 0 Å². The fraction of sp³-hybridized carbons (Fsp3) is 0.533. The molecular weight excluding hydrogens is 309 g/mol. The van der Waals surface area contributed by atoms with Gasteiger partial charge in [0.2, 0.25) is 5.91 Å². The van der Waals surface area contributed by atoms with Gasteiger partial charge in [0.05, 0.1) is 6.04 Å². The molecule has 21 heavy (non-hydrogen) atoms. The van der Waals surface area contributed by atoms with E-state index in [0.717, 1.165) is 26.2 Å². The van der Waals surface area contributed by atoms with Gasteiger partial charge in [-0.15, -0.1) is 24.8 Å². The summed E-state index contributed by atoms with van der Waals surface area (Å²) in [6.07, 6.45) is 0. The van der Waals surface area contributed by atoms with E-state index in [0.29, 0.717) is 5.92 Å². The van der Waals surface area contributed by atoms with Gasteiger partial charge in [-0.2, -0.15) is 0 Å². The molecule has 6 heteroatoms. The normalized spacial score (nSPS) is 15.4. The van der Waals surface area contributed by atoms with Gasteiger partial charge in [-0.05, 0) is 19.5 Å². The van der Waals surface area contributed by atoms with Crippen LogP contribution in [0.2, 0.25) is 0 Å². The Bertz CT molecular complexity index is 413. The minimum Gasteiger partial charge on any atom is -0.354 e. The first-order valence-corrected chi connectivity index (χ1v) is 6.89. The largest absolute Gasteiger partial charge is 0.354 e. The Balaban J connectivity index is 0.00000200. The minimum absolute atomic E-state index is 0. The molecule has 1 aromatic carbocycles. The van der Waals surface area contributed by atoms with E-state index in [2.05, 4.69) is 27.7 Å². The van der Waals surface area contributed by atoms with Gasteiger partial charge in [-0.25, -0.2) is 0 Å². The zero-order valence-corrected chi connectivity index (χ0v) is 14.2. The highest BCUT2D eigenvalue weighted by molar-refractivity contribution is 5.85. The molecule has 1 atom stereocenters. The van der Waals surface area contributed by atoms with Crippen molar-refractivity contribution in [1.29, 1.82) is 0 Å². The molecule has 1 aliphatic heterocycles. The predicted octanol–water partition coefficient (Wildman–Crippen LogP) is 1.69. The molecule has 1 heterocycles. The molecule has 0 aromatic heterocycles. The van der Waals surface area contributed by atoms with Crippen LogP contribution in [0, 0.1) is 5.92 Å². The molecule has 0 bridgehead atoms. The van der Waals surface area contributed by atoms with E-state index in [9.17, 15) is 4.79 Å². The zero-order valence-electron chi connectivity index (χ0n) is 12.5. The molecule has 4 nitrogen and oxygen atoms in total. The third-order valence-electron chi connectivity index (χ3n) is 3.75. The highest BCUT2D eigenvalue weighted by Crippen LogP contribution is 2.06. The highest BCUT2D eigenvalue weighted by Gasteiger charge is 2.21. The van der Waals surface area contributed by atoms with E-state index in [-0.39, 0.29) is 36.8 Å². The van der Waals surface area contributed by atoms with E-state index in [1.807, 2.05) is 32.2 Å². The summed E-state index contributed by atoms with van der Waals surface area (Å²) in [6, 6.07) is 10.1. The molecule has 120 valence electrons. The molecule has 1 aliphatic rings. The van der Waals surface area contributed by atoms with Crippen LogP contribution >= 0.6 is 24.8 Å². The van der Waals surface area contributed by atoms with Gasteiger partial charge in [0.25, 0.3) is 0 Å². The molecule has 1 amide bonds. The Morgan fingerprint density at radius 1 is 1.33 bits per heavy atom. The number of halogens is 2. The van der Waals surface area contributed by atoms with E-state index in [1.54, 1.807) is 0 Å². The maximum Gasteiger partial charge on any atom is 0.237 e. The maximum atomic E-state index is 12.0. The lowest BCUT2D eigenvalue weighted by Gasteiger charge is -2.29. The van der Waals surface area contributed by atoms with Crippen LogP contribution in [0.25, 0.3) is 0 Å². The summed E-state index contributed by atoms with van der Waals surface area (Å²) in [5.74, 6) is 0.723. The quantitative estimate of drug-likeness (QED) is 0.832. The first-order valence-electron chi connectivity index (χ1n) is 6.89. The predicted molar refractivity (Wildman–Crippen MR) is 91.2 cm³/mol. The van der Waals surface area contributed by atoms with Crippen LogP contribution in [0.1, 0.15) is 12.5 Å². The number of nitrogens with zero attached hydrogens (tertiary/aromatic N) is 1. The zero-order chi connectivity index (χ0) is 13.7. The number of hydrogen-bond acceptors (Lipinski definition) is 3. The van der Waals surface area contributed by atoms with Gasteiger partial charge in [0, 0.05) is 32.1 Å². The second kappa shape index (κ2) is 10.0. The van der Waals surface area contributed by atoms with Crippen LogP contribution < -0.4 is 10.6 Å². The van der Waals surface area contributed by atoms with Crippen molar-refractivity contribution in [3.05, 3.63) is 35.9 Å². The lowest BCUT2D eigenvalue weighted by atomic mass is 10.0. The summed E-state index contributed by atoms with van der Waals surface area (Å²) < 4.78 is 0. The van der Waals surface area contributed by atoms with Crippen molar-refractivity contribution in [3.8, 4) is 0 Å². The molecule has 0 spiro atoms. The van der Waals surface area contributed by atoms with Crippen molar-refractivity contribution < 1.29 is 4.79 Å². The lowest BCUT2D eigenvalue weighted by molar-refractivity contribution is -0.125. The van der Waals surface area contributed by atoms with Crippen LogP contribution in [0.4, 0.5) is 0 Å². The van der Waals surface area contributed by atoms with Gasteiger partial charge in [-0.1, -0.05) is 30.3 Å². The average Bonchev–Trinajstić information content (AvgIpc) is 2.37. The molecule has 1 unspecified atom stereocenters. The van der Waals surface area contributed by atoms with Crippen molar-refractivity contribution in [2.45, 2.75) is 19.5 Å². The second-order valence-electron chi connectivity index (χ2n) is 5.35. The first-order chi connectivity index (χ1) is 9.16. The minimum atomic E-state index is -0.103. The smallest absolute Gasteiger partial charge is 0.237 e. The van der Waals surface area contributed by atoms with Crippen molar-refractivity contribution >= 4 is 30.7 Å². The Morgan fingerprint density at radius 2 is 1.95 bits per heavy atom. The Hall–Kier alpha value is -0.810. The molecule has 2 N–H and O–H groups in total. The molecule has 1 aromatic rings. The molecule has 2 rings (SSSR count). The van der Waals surface area contributed by atoms with Crippen LogP contribution in [0.3, 0.4) is 0 Å². The number of carbonyl (C=O) groups excluding carboxylic acids is 1. The molecular formula is C15H25Cl2N3O. The standard InChI is InChI=1S/C15H23N3O.2ClH/c1-12(15(19)17-10-14-8-16-9-14)18(2)11-13-6-4-3-5-7-13;;/h3-7,12,14,16H,8-11H2,1-2H3,(H,17,19);2*1H. The Kier molecular flexibility index (Phi) is 9.62. The Morgan fingerprint density at radius 3 is 2.48 bits per heavy atom. The Labute approximate surface area is 139 Å². The van der Waals surface area contributed by atoms with Crippen LogP contribution in [-0.4, -0.2) is 43.5 Å². The topological polar surface area (TPSA) is 44.4 Å². The number of carbonyl (C=O) groups is 1. The lowest BCUT2D eigenvalue weighted by Crippen LogP contribution is -2.51. The van der Waals surface area contributed by atoms with Gasteiger partial charge in [-0.3, -0.25) is 9.69 Å². The maximum absolute atomic E-state index is 12.0. The number of amides is 1. The van der Waals surface area contributed by atoms with E-state index >= 15 is 0 Å². The average molecular weight is 334 g/mol.